The van der Waals surface area contributed by atoms with Crippen molar-refractivity contribution >= 4 is 27.4 Å². The van der Waals surface area contributed by atoms with Crippen LogP contribution in [0.4, 0.5) is 0 Å². The molecule has 1 aliphatic carbocycles. The molecule has 2 aromatic rings. The first-order chi connectivity index (χ1) is 15.8. The molecule has 2 aliphatic rings. The number of carbonyl (C=O) groups is 3. The number of ether oxygens (including phenoxy) is 1. The predicted molar refractivity (Wildman–Crippen MR) is 122 cm³/mol. The monoisotopic (exact) mass is 467 g/mol. The third-order valence-corrected chi connectivity index (χ3v) is 8.64. The molecule has 172 valence electrons. The molecule has 33 heavy (non-hydrogen) atoms. The van der Waals surface area contributed by atoms with Crippen LogP contribution in [0.1, 0.15) is 34.6 Å². The Hall–Kier alpha value is -3.10. The topological polar surface area (TPSA) is 97.8 Å². The smallest absolute Gasteiger partial charge is 0.330 e. The summed E-state index contributed by atoms with van der Waals surface area (Å²) in [6.07, 6.45) is 2.51. The quantitative estimate of drug-likeness (QED) is 0.366. The molecule has 0 amide bonds. The lowest BCUT2D eigenvalue weighted by molar-refractivity contribution is -0.137. The van der Waals surface area contributed by atoms with E-state index >= 15 is 0 Å². The van der Waals surface area contributed by atoms with E-state index in [1.54, 1.807) is 61.2 Å². The molecule has 1 heterocycles. The Morgan fingerprint density at radius 2 is 1.61 bits per heavy atom. The van der Waals surface area contributed by atoms with Crippen molar-refractivity contribution in [1.82, 2.24) is 4.90 Å². The molecule has 8 heteroatoms. The van der Waals surface area contributed by atoms with E-state index in [4.69, 9.17) is 4.74 Å². The van der Waals surface area contributed by atoms with Crippen molar-refractivity contribution < 1.29 is 27.5 Å². The Morgan fingerprint density at radius 3 is 2.15 bits per heavy atom. The number of hydrogen-bond donors (Lipinski definition) is 0. The second-order valence-corrected chi connectivity index (χ2v) is 10.2. The first kappa shape index (κ1) is 23.1. The highest BCUT2D eigenvalue weighted by atomic mass is 32.2. The second-order valence-electron chi connectivity index (χ2n) is 8.04. The maximum atomic E-state index is 13.8. The first-order valence-electron chi connectivity index (χ1n) is 10.9. The van der Waals surface area contributed by atoms with Gasteiger partial charge in [-0.2, -0.15) is 0 Å². The van der Waals surface area contributed by atoms with Crippen LogP contribution in [0, 0.1) is 5.92 Å². The lowest BCUT2D eigenvalue weighted by Gasteiger charge is -2.34. The number of esters is 1. The summed E-state index contributed by atoms with van der Waals surface area (Å²) in [6, 6.07) is 14.5. The molecule has 1 fully saturated rings. The Bertz CT molecular complexity index is 1200. The summed E-state index contributed by atoms with van der Waals surface area (Å²) in [7, 11) is -3.94. The summed E-state index contributed by atoms with van der Waals surface area (Å²) < 4.78 is 32.4. The molecule has 0 unspecified atom stereocenters. The lowest BCUT2D eigenvalue weighted by Crippen LogP contribution is -2.56. The van der Waals surface area contributed by atoms with Crippen molar-refractivity contribution in [2.45, 2.75) is 29.5 Å². The van der Waals surface area contributed by atoms with E-state index < -0.39 is 44.1 Å². The molecule has 1 aliphatic heterocycles. The number of carbonyl (C=O) groups excluding carboxylic acids is 3. The molecule has 2 atom stereocenters. The van der Waals surface area contributed by atoms with Crippen LogP contribution in [0.2, 0.25) is 0 Å². The average molecular weight is 468 g/mol. The number of rotatable bonds is 6. The van der Waals surface area contributed by atoms with Gasteiger partial charge in [-0.1, -0.05) is 55.5 Å². The maximum Gasteiger partial charge on any atom is 0.330 e. The first-order valence-corrected chi connectivity index (χ1v) is 12.4. The molecule has 0 radical (unpaired) electrons. The van der Waals surface area contributed by atoms with Crippen molar-refractivity contribution in [3.8, 4) is 0 Å². The zero-order chi connectivity index (χ0) is 23.8. The summed E-state index contributed by atoms with van der Waals surface area (Å²) in [5.74, 6) is -2.60. The predicted octanol–water partition coefficient (Wildman–Crippen LogP) is 2.72. The van der Waals surface area contributed by atoms with Gasteiger partial charge in [0.1, 0.15) is 0 Å². The fourth-order valence-electron chi connectivity index (χ4n) is 5.03. The van der Waals surface area contributed by atoms with Crippen molar-refractivity contribution in [1.29, 1.82) is 0 Å². The molecular formula is C25H25NO6S. The normalized spacial score (nSPS) is 22.2. The van der Waals surface area contributed by atoms with Crippen LogP contribution in [0.3, 0.4) is 0 Å². The summed E-state index contributed by atoms with van der Waals surface area (Å²) >= 11 is 0. The Morgan fingerprint density at radius 1 is 1.03 bits per heavy atom. The van der Waals surface area contributed by atoms with Crippen molar-refractivity contribution in [2.75, 3.05) is 19.7 Å². The third-order valence-electron chi connectivity index (χ3n) is 6.47. The molecule has 4 rings (SSSR count). The van der Waals surface area contributed by atoms with Gasteiger partial charge < -0.3 is 4.74 Å². The van der Waals surface area contributed by atoms with Gasteiger partial charge in [-0.3, -0.25) is 14.5 Å². The highest BCUT2D eigenvalue weighted by molar-refractivity contribution is 7.92. The molecule has 2 aromatic carbocycles. The standard InChI is InChI=1S/C25H25NO6S/c1-3-26-16-21(33(30,31)17-10-6-5-7-11-17)20(14-15-22(27)32-4-2)25(26)23(28)18-12-8-9-13-19(18)24(25)29/h5-15,20-21H,3-4,16H2,1-2H3/b15-14+/t20-,21+/m0/s1. The van der Waals surface area contributed by atoms with Crippen molar-refractivity contribution in [3.05, 3.63) is 77.9 Å². The highest BCUT2D eigenvalue weighted by Crippen LogP contribution is 2.48. The van der Waals surface area contributed by atoms with Crippen LogP contribution < -0.4 is 0 Å². The Labute approximate surface area is 193 Å². The van der Waals surface area contributed by atoms with Crippen LogP contribution in [0.25, 0.3) is 0 Å². The van der Waals surface area contributed by atoms with Gasteiger partial charge in [-0.05, 0) is 25.6 Å². The number of Topliss-reactive ketones (excluding diaryl/α,β-unsaturated/α-hetero) is 2. The van der Waals surface area contributed by atoms with Crippen molar-refractivity contribution in [2.24, 2.45) is 5.92 Å². The van der Waals surface area contributed by atoms with Gasteiger partial charge in [0.25, 0.3) is 0 Å². The van der Waals surface area contributed by atoms with Crippen LogP contribution in [-0.4, -0.2) is 61.3 Å². The molecular weight excluding hydrogens is 442 g/mol. The van der Waals surface area contributed by atoms with Gasteiger partial charge in [-0.15, -0.1) is 0 Å². The number of benzene rings is 2. The largest absolute Gasteiger partial charge is 0.463 e. The molecule has 0 bridgehead atoms. The molecule has 0 saturated carbocycles. The van der Waals surface area contributed by atoms with Gasteiger partial charge in [0.2, 0.25) is 0 Å². The minimum atomic E-state index is -3.94. The number of fused-ring (bicyclic) bond motifs is 1. The Kier molecular flexibility index (Phi) is 6.07. The number of sulfone groups is 1. The fraction of sp³-hybridized carbons (Fsp3) is 0.320. The molecule has 1 saturated heterocycles. The minimum absolute atomic E-state index is 0.0168. The minimum Gasteiger partial charge on any atom is -0.463 e. The maximum absolute atomic E-state index is 13.8. The van der Waals surface area contributed by atoms with Gasteiger partial charge >= 0.3 is 5.97 Å². The van der Waals surface area contributed by atoms with Crippen molar-refractivity contribution in [3.63, 3.8) is 0 Å². The molecule has 7 nitrogen and oxygen atoms in total. The number of ketones is 2. The zero-order valence-electron chi connectivity index (χ0n) is 18.4. The Balaban J connectivity index is 1.91. The third kappa shape index (κ3) is 3.45. The van der Waals surface area contributed by atoms with E-state index in [9.17, 15) is 22.8 Å². The molecule has 1 spiro atoms. The number of hydrogen-bond acceptors (Lipinski definition) is 7. The van der Waals surface area contributed by atoms with Crippen LogP contribution in [-0.2, 0) is 19.4 Å². The summed E-state index contributed by atoms with van der Waals surface area (Å²) in [5, 5.41) is -1.10. The SMILES string of the molecule is CCOC(=O)/C=C/[C@H]1[C@H](S(=O)(=O)c2ccccc2)CN(CC)C12C(=O)c1ccccc1C2=O. The second kappa shape index (κ2) is 8.68. The fourth-order valence-corrected chi connectivity index (χ4v) is 6.96. The highest BCUT2D eigenvalue weighted by Gasteiger charge is 2.67. The van der Waals surface area contributed by atoms with E-state index in [1.165, 1.54) is 18.2 Å². The number of likely N-dealkylation sites (N-methyl/N-ethyl adjacent to an activating group) is 1. The van der Waals surface area contributed by atoms with Gasteiger partial charge in [0.05, 0.1) is 16.8 Å². The van der Waals surface area contributed by atoms with Crippen LogP contribution >= 0.6 is 0 Å². The summed E-state index contributed by atoms with van der Waals surface area (Å²) in [5.41, 5.74) is -1.19. The lowest BCUT2D eigenvalue weighted by atomic mass is 9.79. The van der Waals surface area contributed by atoms with Gasteiger partial charge in [0.15, 0.2) is 26.9 Å². The van der Waals surface area contributed by atoms with E-state index in [-0.39, 0.29) is 35.7 Å². The van der Waals surface area contributed by atoms with Gasteiger partial charge in [-0.25, -0.2) is 13.2 Å². The van der Waals surface area contributed by atoms with E-state index in [1.807, 2.05) is 0 Å². The van der Waals surface area contributed by atoms with E-state index in [0.717, 1.165) is 6.08 Å². The number of likely N-dealkylation sites (tertiary alicyclic amines) is 1. The van der Waals surface area contributed by atoms with Gasteiger partial charge in [0, 0.05) is 29.7 Å². The summed E-state index contributed by atoms with van der Waals surface area (Å²) in [4.78, 5) is 41.4. The summed E-state index contributed by atoms with van der Waals surface area (Å²) in [6.45, 7) is 3.86. The zero-order valence-corrected chi connectivity index (χ0v) is 19.2. The van der Waals surface area contributed by atoms with E-state index in [2.05, 4.69) is 0 Å². The van der Waals surface area contributed by atoms with Crippen LogP contribution in [0.15, 0.2) is 71.6 Å². The average Bonchev–Trinajstić information content (AvgIpc) is 3.28. The molecule has 0 N–H and O–H groups in total. The van der Waals surface area contributed by atoms with E-state index in [0.29, 0.717) is 0 Å². The molecule has 0 aromatic heterocycles. The van der Waals surface area contributed by atoms with Crippen LogP contribution in [0.5, 0.6) is 0 Å². The number of nitrogens with zero attached hydrogens (tertiary/aromatic N) is 1.